The number of hydrogen-bond acceptors (Lipinski definition) is 2. The van der Waals surface area contributed by atoms with Crippen molar-refractivity contribution in [2.75, 3.05) is 18.0 Å². The second-order valence-corrected chi connectivity index (χ2v) is 6.32. The summed E-state index contributed by atoms with van der Waals surface area (Å²) < 4.78 is 0. The van der Waals surface area contributed by atoms with E-state index in [-0.39, 0.29) is 0 Å². The third kappa shape index (κ3) is 3.73. The number of rotatable bonds is 5. The number of anilines is 1. The molecule has 1 aromatic rings. The third-order valence-electron chi connectivity index (χ3n) is 4.08. The van der Waals surface area contributed by atoms with Gasteiger partial charge in [-0.15, -0.1) is 0 Å². The summed E-state index contributed by atoms with van der Waals surface area (Å²) in [4.78, 5) is 2.54. The molecule has 19 heavy (non-hydrogen) atoms. The van der Waals surface area contributed by atoms with Crippen molar-refractivity contribution in [3.63, 3.8) is 0 Å². The van der Waals surface area contributed by atoms with Crippen molar-refractivity contribution in [2.24, 2.45) is 5.92 Å². The van der Waals surface area contributed by atoms with E-state index in [0.717, 1.165) is 13.1 Å². The highest BCUT2D eigenvalue weighted by molar-refractivity contribution is 5.52. The average Bonchev–Trinajstić information content (AvgIpc) is 2.77. The highest BCUT2D eigenvalue weighted by Crippen LogP contribution is 2.27. The first kappa shape index (κ1) is 14.4. The molecular weight excluding hydrogens is 232 g/mol. The quantitative estimate of drug-likeness (QED) is 0.868. The van der Waals surface area contributed by atoms with Crippen LogP contribution in [0.4, 0.5) is 5.69 Å². The Hall–Kier alpha value is -1.02. The van der Waals surface area contributed by atoms with Crippen LogP contribution in [-0.2, 0) is 6.54 Å². The van der Waals surface area contributed by atoms with Gasteiger partial charge in [-0.1, -0.05) is 19.9 Å². The lowest BCUT2D eigenvalue weighted by Gasteiger charge is -2.24. The Balaban J connectivity index is 2.00. The van der Waals surface area contributed by atoms with Gasteiger partial charge in [-0.3, -0.25) is 0 Å². The van der Waals surface area contributed by atoms with Gasteiger partial charge in [-0.25, -0.2) is 0 Å². The summed E-state index contributed by atoms with van der Waals surface area (Å²) in [6.45, 7) is 12.3. The van der Waals surface area contributed by atoms with Gasteiger partial charge < -0.3 is 10.2 Å². The standard InChI is InChI=1S/C17H28N2/c1-13(2)11-18-12-16-7-8-17(10-14(16)3)19-9-5-6-15(19)4/h7-8,10,13,15,18H,5-6,9,11-12H2,1-4H3. The second-order valence-electron chi connectivity index (χ2n) is 6.32. The van der Waals surface area contributed by atoms with Crippen molar-refractivity contribution in [1.29, 1.82) is 0 Å². The van der Waals surface area contributed by atoms with Gasteiger partial charge in [0.1, 0.15) is 0 Å². The van der Waals surface area contributed by atoms with Crippen LogP contribution in [0.1, 0.15) is 44.7 Å². The van der Waals surface area contributed by atoms with Crippen molar-refractivity contribution in [1.82, 2.24) is 5.32 Å². The molecule has 1 unspecified atom stereocenters. The number of benzene rings is 1. The van der Waals surface area contributed by atoms with E-state index in [0.29, 0.717) is 12.0 Å². The molecule has 106 valence electrons. The third-order valence-corrected chi connectivity index (χ3v) is 4.08. The van der Waals surface area contributed by atoms with Crippen molar-refractivity contribution in [3.8, 4) is 0 Å². The fourth-order valence-corrected chi connectivity index (χ4v) is 2.87. The Labute approximate surface area is 118 Å². The molecule has 1 aliphatic heterocycles. The molecule has 2 nitrogen and oxygen atoms in total. The van der Waals surface area contributed by atoms with E-state index in [1.165, 1.54) is 36.2 Å². The predicted octanol–water partition coefficient (Wildman–Crippen LogP) is 3.73. The molecule has 1 aliphatic rings. The maximum absolute atomic E-state index is 3.53. The molecule has 2 rings (SSSR count). The van der Waals surface area contributed by atoms with Gasteiger partial charge in [0.25, 0.3) is 0 Å². The van der Waals surface area contributed by atoms with E-state index in [4.69, 9.17) is 0 Å². The molecule has 1 aromatic carbocycles. The lowest BCUT2D eigenvalue weighted by Crippen LogP contribution is -2.26. The van der Waals surface area contributed by atoms with Crippen molar-refractivity contribution < 1.29 is 0 Å². The molecule has 2 heteroatoms. The van der Waals surface area contributed by atoms with E-state index in [1.54, 1.807) is 0 Å². The summed E-state index contributed by atoms with van der Waals surface area (Å²) in [5.74, 6) is 0.713. The van der Waals surface area contributed by atoms with Crippen LogP contribution in [0.2, 0.25) is 0 Å². The molecular formula is C17H28N2. The zero-order valence-electron chi connectivity index (χ0n) is 12.9. The van der Waals surface area contributed by atoms with Gasteiger partial charge in [0, 0.05) is 24.8 Å². The fraction of sp³-hybridized carbons (Fsp3) is 0.647. The first-order valence-corrected chi connectivity index (χ1v) is 7.65. The zero-order chi connectivity index (χ0) is 13.8. The second kappa shape index (κ2) is 6.42. The minimum absolute atomic E-state index is 0.698. The lowest BCUT2D eigenvalue weighted by molar-refractivity contribution is 0.551. The maximum Gasteiger partial charge on any atom is 0.0371 e. The van der Waals surface area contributed by atoms with Crippen LogP contribution in [0.25, 0.3) is 0 Å². The van der Waals surface area contributed by atoms with E-state index in [9.17, 15) is 0 Å². The number of nitrogens with zero attached hydrogens (tertiary/aromatic N) is 1. The van der Waals surface area contributed by atoms with Gasteiger partial charge in [0.15, 0.2) is 0 Å². The largest absolute Gasteiger partial charge is 0.369 e. The highest BCUT2D eigenvalue weighted by Gasteiger charge is 2.20. The van der Waals surface area contributed by atoms with Crippen LogP contribution in [-0.4, -0.2) is 19.1 Å². The van der Waals surface area contributed by atoms with Crippen LogP contribution < -0.4 is 10.2 Å². The summed E-state index contributed by atoms with van der Waals surface area (Å²) in [5.41, 5.74) is 4.24. The SMILES string of the molecule is Cc1cc(N2CCCC2C)ccc1CNCC(C)C. The zero-order valence-corrected chi connectivity index (χ0v) is 12.9. The normalized spacial score (nSPS) is 19.4. The van der Waals surface area contributed by atoms with Crippen molar-refractivity contribution >= 4 is 5.69 Å². The Bertz CT molecular complexity index is 412. The molecule has 0 saturated carbocycles. The van der Waals surface area contributed by atoms with E-state index in [2.05, 4.69) is 56.1 Å². The summed E-state index contributed by atoms with van der Waals surface area (Å²) in [7, 11) is 0. The van der Waals surface area contributed by atoms with E-state index in [1.807, 2.05) is 0 Å². The average molecular weight is 260 g/mol. The van der Waals surface area contributed by atoms with Crippen LogP contribution in [0.15, 0.2) is 18.2 Å². The molecule has 0 aromatic heterocycles. The van der Waals surface area contributed by atoms with E-state index >= 15 is 0 Å². The number of nitrogens with one attached hydrogen (secondary N) is 1. The monoisotopic (exact) mass is 260 g/mol. The van der Waals surface area contributed by atoms with Gasteiger partial charge in [-0.2, -0.15) is 0 Å². The fourth-order valence-electron chi connectivity index (χ4n) is 2.87. The van der Waals surface area contributed by atoms with Gasteiger partial charge in [-0.05, 0) is 62.4 Å². The van der Waals surface area contributed by atoms with Crippen molar-refractivity contribution in [2.45, 2.75) is 53.1 Å². The van der Waals surface area contributed by atoms with Crippen molar-refractivity contribution in [3.05, 3.63) is 29.3 Å². The first-order chi connectivity index (χ1) is 9.08. The molecule has 0 aliphatic carbocycles. The Morgan fingerprint density at radius 1 is 1.37 bits per heavy atom. The molecule has 0 spiro atoms. The number of hydrogen-bond donors (Lipinski definition) is 1. The van der Waals surface area contributed by atoms with Gasteiger partial charge >= 0.3 is 0 Å². The summed E-state index contributed by atoms with van der Waals surface area (Å²) in [5, 5.41) is 3.53. The van der Waals surface area contributed by atoms with Gasteiger partial charge in [0.2, 0.25) is 0 Å². The van der Waals surface area contributed by atoms with Crippen LogP contribution in [0, 0.1) is 12.8 Å². The lowest BCUT2D eigenvalue weighted by atomic mass is 10.1. The van der Waals surface area contributed by atoms with Gasteiger partial charge in [0.05, 0.1) is 0 Å². The molecule has 0 amide bonds. The molecule has 1 N–H and O–H groups in total. The number of aryl methyl sites for hydroxylation is 1. The minimum Gasteiger partial charge on any atom is -0.369 e. The molecule has 1 heterocycles. The van der Waals surface area contributed by atoms with Crippen LogP contribution >= 0.6 is 0 Å². The van der Waals surface area contributed by atoms with Crippen LogP contribution in [0.5, 0.6) is 0 Å². The smallest absolute Gasteiger partial charge is 0.0371 e. The predicted molar refractivity (Wildman–Crippen MR) is 83.8 cm³/mol. The summed E-state index contributed by atoms with van der Waals surface area (Å²) in [6, 6.07) is 7.64. The highest BCUT2D eigenvalue weighted by atomic mass is 15.2. The first-order valence-electron chi connectivity index (χ1n) is 7.65. The minimum atomic E-state index is 0.698. The molecule has 1 fully saturated rings. The molecule has 1 saturated heterocycles. The Morgan fingerprint density at radius 3 is 2.74 bits per heavy atom. The Morgan fingerprint density at radius 2 is 2.16 bits per heavy atom. The molecule has 0 radical (unpaired) electrons. The van der Waals surface area contributed by atoms with Crippen LogP contribution in [0.3, 0.4) is 0 Å². The summed E-state index contributed by atoms with van der Waals surface area (Å²) in [6.07, 6.45) is 2.66. The molecule has 0 bridgehead atoms. The topological polar surface area (TPSA) is 15.3 Å². The molecule has 1 atom stereocenters. The summed E-state index contributed by atoms with van der Waals surface area (Å²) >= 11 is 0. The van der Waals surface area contributed by atoms with E-state index < -0.39 is 0 Å². The Kier molecular flexibility index (Phi) is 4.87. The maximum atomic E-state index is 3.53.